The van der Waals surface area contributed by atoms with Crippen LogP contribution in [0.2, 0.25) is 5.02 Å². The van der Waals surface area contributed by atoms with E-state index in [0.29, 0.717) is 68.6 Å². The van der Waals surface area contributed by atoms with Crippen LogP contribution in [0, 0.1) is 11.8 Å². The molecule has 2 N–H and O–H groups in total. The van der Waals surface area contributed by atoms with Gasteiger partial charge in [0.05, 0.1) is 49.8 Å². The molecule has 11 nitrogen and oxygen atoms in total. The Morgan fingerprint density at radius 1 is 1.11 bits per heavy atom. The number of nitrogens with one attached hydrogen (secondary N) is 1. The zero-order valence-corrected chi connectivity index (χ0v) is 33.3. The van der Waals surface area contributed by atoms with Gasteiger partial charge in [-0.2, -0.15) is 0 Å². The number of fused-ring (bicyclic) bond motifs is 4. The molecule has 2 aromatic rings. The Bertz CT molecular complexity index is 1990. The van der Waals surface area contributed by atoms with Crippen molar-refractivity contribution in [1.82, 2.24) is 14.5 Å². The molecule has 56 heavy (non-hydrogen) atoms. The van der Waals surface area contributed by atoms with Crippen LogP contribution in [0.1, 0.15) is 68.1 Å². The van der Waals surface area contributed by atoms with Crippen molar-refractivity contribution in [3.8, 4) is 5.75 Å². The summed E-state index contributed by atoms with van der Waals surface area (Å²) in [5.74, 6) is -3.47. The maximum Gasteiger partial charge on any atom is 0.272 e. The number of sulfonamides is 1. The van der Waals surface area contributed by atoms with Crippen LogP contribution in [-0.4, -0.2) is 112 Å². The molecule has 0 unspecified atom stereocenters. The number of likely N-dealkylation sites (tertiary alicyclic amines) is 1. The molecule has 1 saturated heterocycles. The molecule has 3 fully saturated rings. The standard InChI is InChI=1S/C41H51ClF2N4O7S/c1-46-16-3-2-6-35(54-18-17-47-24-40(43,44)25-47)32-12-7-28(32)22-48-23-39(15-4-5-27-19-30(42)9-13-33(27)39)26-55-36-14-8-29(20-34(36)48)41(51,21-37(46)49)38(50)45-56(52,53)31-10-11-31/h2,6,8-9,13-14,19-20,28,31-32,35,51H,3-5,7,10-12,15-18,21-26H2,1H3,(H,45,50)/b6-2-/t28-,32+,35-,39-,41+/m0/s1. The summed E-state index contributed by atoms with van der Waals surface area (Å²) in [5.41, 5.74) is 0.182. The third-order valence-corrected chi connectivity index (χ3v) is 14.9. The molecule has 2 saturated carbocycles. The van der Waals surface area contributed by atoms with Crippen molar-refractivity contribution in [1.29, 1.82) is 0 Å². The molecule has 2 amide bonds. The van der Waals surface area contributed by atoms with Gasteiger partial charge in [-0.1, -0.05) is 35.9 Å². The number of anilines is 1. The van der Waals surface area contributed by atoms with E-state index in [4.69, 9.17) is 21.1 Å². The second-order valence-corrected chi connectivity index (χ2v) is 19.3. The van der Waals surface area contributed by atoms with Gasteiger partial charge in [0, 0.05) is 43.7 Å². The monoisotopic (exact) mass is 816 g/mol. The Morgan fingerprint density at radius 3 is 2.64 bits per heavy atom. The van der Waals surface area contributed by atoms with Gasteiger partial charge in [-0.05, 0) is 104 Å². The summed E-state index contributed by atoms with van der Waals surface area (Å²) in [5, 5.41) is 12.3. The highest BCUT2D eigenvalue weighted by Crippen LogP contribution is 2.48. The van der Waals surface area contributed by atoms with E-state index in [-0.39, 0.29) is 43.1 Å². The summed E-state index contributed by atoms with van der Waals surface area (Å²) in [6, 6.07) is 11.0. The van der Waals surface area contributed by atoms with Crippen LogP contribution in [0.25, 0.3) is 0 Å². The number of alkyl halides is 2. The molecule has 304 valence electrons. The van der Waals surface area contributed by atoms with Gasteiger partial charge in [0.15, 0.2) is 5.60 Å². The molecule has 2 bridgehead atoms. The summed E-state index contributed by atoms with van der Waals surface area (Å²) in [6.07, 6.45) is 8.91. The van der Waals surface area contributed by atoms with Crippen LogP contribution in [0.3, 0.4) is 0 Å². The Morgan fingerprint density at radius 2 is 1.91 bits per heavy atom. The largest absolute Gasteiger partial charge is 0.490 e. The van der Waals surface area contributed by atoms with Gasteiger partial charge < -0.3 is 24.4 Å². The molecule has 2 aromatic carbocycles. The first kappa shape index (κ1) is 39.5. The molecule has 3 aliphatic carbocycles. The minimum absolute atomic E-state index is 0.0943. The Balaban J connectivity index is 1.17. The van der Waals surface area contributed by atoms with E-state index in [9.17, 15) is 31.9 Å². The Labute approximate surface area is 332 Å². The van der Waals surface area contributed by atoms with Crippen molar-refractivity contribution in [3.05, 3.63) is 70.3 Å². The number of rotatable bonds is 7. The second kappa shape index (κ2) is 15.1. The lowest BCUT2D eigenvalue weighted by Crippen LogP contribution is -2.57. The van der Waals surface area contributed by atoms with Crippen LogP contribution in [0.15, 0.2) is 48.6 Å². The van der Waals surface area contributed by atoms with Crippen molar-refractivity contribution in [2.75, 3.05) is 64.4 Å². The van der Waals surface area contributed by atoms with Gasteiger partial charge in [0.2, 0.25) is 15.9 Å². The fourth-order valence-electron chi connectivity index (χ4n) is 9.28. The highest BCUT2D eigenvalue weighted by atomic mass is 35.5. The molecule has 15 heteroatoms. The van der Waals surface area contributed by atoms with Crippen LogP contribution in [0.4, 0.5) is 14.5 Å². The summed E-state index contributed by atoms with van der Waals surface area (Å²) >= 11 is 6.47. The number of carbonyl (C=O) groups is 2. The third-order valence-electron chi connectivity index (χ3n) is 12.9. The van der Waals surface area contributed by atoms with Crippen molar-refractivity contribution >= 4 is 39.1 Å². The van der Waals surface area contributed by atoms with Crippen LogP contribution < -0.4 is 14.4 Å². The zero-order chi connectivity index (χ0) is 39.5. The number of halogens is 3. The SMILES string of the molecule is CN1CC/C=C\[C@H](OCCN2CC(F)(F)C2)[C@@H]2CC[C@H]2CN2C[C@@]3(CCCc4cc(Cl)ccc43)COc3ccc(cc32)[C@@](O)(C(=O)NS(=O)(=O)C2CC2)CC1=O. The lowest BCUT2D eigenvalue weighted by atomic mass is 9.68. The lowest BCUT2D eigenvalue weighted by molar-refractivity contribution is -0.148. The summed E-state index contributed by atoms with van der Waals surface area (Å²) in [7, 11) is -2.47. The topological polar surface area (TPSA) is 129 Å². The first-order chi connectivity index (χ1) is 26.6. The molecule has 8 rings (SSSR count). The molecule has 0 aromatic heterocycles. The Kier molecular flexibility index (Phi) is 10.7. The van der Waals surface area contributed by atoms with E-state index in [0.717, 1.165) is 32.1 Å². The van der Waals surface area contributed by atoms with Gasteiger partial charge in [-0.15, -0.1) is 0 Å². The van der Waals surface area contributed by atoms with E-state index in [1.165, 1.54) is 16.0 Å². The molecular weight excluding hydrogens is 766 g/mol. The molecule has 5 atom stereocenters. The number of nitrogens with zero attached hydrogens (tertiary/aromatic N) is 3. The van der Waals surface area contributed by atoms with Gasteiger partial charge >= 0.3 is 0 Å². The number of hydrogen-bond donors (Lipinski definition) is 2. The maximum atomic E-state index is 14.0. The van der Waals surface area contributed by atoms with E-state index < -0.39 is 50.4 Å². The number of hydrogen-bond acceptors (Lipinski definition) is 9. The summed E-state index contributed by atoms with van der Waals surface area (Å²) < 4.78 is 68.3. The lowest BCUT2D eigenvalue weighted by Gasteiger charge is -2.46. The van der Waals surface area contributed by atoms with Crippen molar-refractivity contribution in [2.24, 2.45) is 11.8 Å². The normalized spacial score (nSPS) is 31.2. The van der Waals surface area contributed by atoms with Gasteiger partial charge in [0.1, 0.15) is 5.75 Å². The van der Waals surface area contributed by atoms with Crippen molar-refractivity contribution in [3.63, 3.8) is 0 Å². The second-order valence-electron chi connectivity index (χ2n) is 16.9. The third kappa shape index (κ3) is 7.93. The molecule has 6 aliphatic rings. The van der Waals surface area contributed by atoms with Gasteiger partial charge in [0.25, 0.3) is 11.8 Å². The average molecular weight is 817 g/mol. The molecule has 0 radical (unpaired) electrons. The fraction of sp³-hybridized carbons (Fsp3) is 0.610. The number of aryl methyl sites for hydroxylation is 1. The average Bonchev–Trinajstić information content (AvgIpc) is 4.00. The highest BCUT2D eigenvalue weighted by Gasteiger charge is 2.49. The predicted molar refractivity (Wildman–Crippen MR) is 208 cm³/mol. The summed E-state index contributed by atoms with van der Waals surface area (Å²) in [4.78, 5) is 33.1. The van der Waals surface area contributed by atoms with Gasteiger partial charge in [-0.25, -0.2) is 17.2 Å². The van der Waals surface area contributed by atoms with E-state index in [1.807, 2.05) is 24.3 Å². The number of carbonyl (C=O) groups excluding carboxylic acids is 2. The first-order valence-corrected chi connectivity index (χ1v) is 21.8. The minimum Gasteiger partial charge on any atom is -0.490 e. The maximum absolute atomic E-state index is 14.0. The number of aliphatic hydroxyl groups is 1. The predicted octanol–water partition coefficient (Wildman–Crippen LogP) is 4.78. The van der Waals surface area contributed by atoms with Crippen molar-refractivity contribution < 1.29 is 41.4 Å². The number of ether oxygens (including phenoxy) is 2. The Hall–Kier alpha value is -3.30. The van der Waals surface area contributed by atoms with Crippen molar-refractivity contribution in [2.45, 2.75) is 86.1 Å². The van der Waals surface area contributed by atoms with Crippen LogP contribution >= 0.6 is 11.6 Å². The zero-order valence-electron chi connectivity index (χ0n) is 31.7. The smallest absolute Gasteiger partial charge is 0.272 e. The fourth-order valence-corrected chi connectivity index (χ4v) is 10.8. The van der Waals surface area contributed by atoms with E-state index in [2.05, 4.69) is 15.7 Å². The first-order valence-electron chi connectivity index (χ1n) is 19.9. The van der Waals surface area contributed by atoms with Gasteiger partial charge in [-0.3, -0.25) is 19.2 Å². The minimum atomic E-state index is -4.05. The molecule has 1 spiro atoms. The quantitative estimate of drug-likeness (QED) is 0.380. The van der Waals surface area contributed by atoms with E-state index >= 15 is 0 Å². The summed E-state index contributed by atoms with van der Waals surface area (Å²) in [6.45, 7) is 2.04. The van der Waals surface area contributed by atoms with Crippen LogP contribution in [-0.2, 0) is 41.8 Å². The number of benzene rings is 2. The molecular formula is C41H51ClF2N4O7S. The highest BCUT2D eigenvalue weighted by molar-refractivity contribution is 7.90. The van der Waals surface area contributed by atoms with Crippen LogP contribution in [0.5, 0.6) is 5.75 Å². The number of amides is 2. The van der Waals surface area contributed by atoms with E-state index in [1.54, 1.807) is 30.1 Å². The molecule has 3 aliphatic heterocycles. The molecule has 3 heterocycles.